The first-order chi connectivity index (χ1) is 9.33. The van der Waals surface area contributed by atoms with Crippen molar-refractivity contribution in [2.24, 2.45) is 0 Å². The number of hydrogen-bond acceptors (Lipinski definition) is 4. The third-order valence-corrected chi connectivity index (χ3v) is 3.52. The van der Waals surface area contributed by atoms with E-state index >= 15 is 0 Å². The maximum Gasteiger partial charge on any atom is 0.127 e. The highest BCUT2D eigenvalue weighted by molar-refractivity contribution is 9.10. The first-order valence-electron chi connectivity index (χ1n) is 6.22. The minimum absolute atomic E-state index is 0.703. The highest BCUT2D eigenvalue weighted by atomic mass is 79.9. The van der Waals surface area contributed by atoms with E-state index in [2.05, 4.69) is 43.3 Å². The molecule has 0 radical (unpaired) electrons. The number of ether oxygens (including phenoxy) is 1. The molecule has 0 atom stereocenters. The van der Waals surface area contributed by atoms with Crippen molar-refractivity contribution in [2.75, 3.05) is 6.61 Å². The Balaban J connectivity index is 1.67. The molecule has 2 heterocycles. The summed E-state index contributed by atoms with van der Waals surface area (Å²) in [6.07, 6.45) is 6.15. The van der Waals surface area contributed by atoms with E-state index in [1.807, 2.05) is 0 Å². The van der Waals surface area contributed by atoms with Gasteiger partial charge in [0.15, 0.2) is 0 Å². The van der Waals surface area contributed by atoms with Crippen LogP contribution in [0.1, 0.15) is 16.8 Å². The lowest BCUT2D eigenvalue weighted by atomic mass is 10.1. The smallest absolute Gasteiger partial charge is 0.127 e. The van der Waals surface area contributed by atoms with Crippen molar-refractivity contribution >= 4 is 15.9 Å². The van der Waals surface area contributed by atoms with E-state index in [9.17, 15) is 0 Å². The van der Waals surface area contributed by atoms with Crippen LogP contribution in [-0.4, -0.2) is 16.6 Å². The molecule has 1 aliphatic heterocycles. The van der Waals surface area contributed by atoms with Gasteiger partial charge in [-0.3, -0.25) is 9.97 Å². The van der Waals surface area contributed by atoms with Crippen molar-refractivity contribution in [3.05, 3.63) is 52.0 Å². The summed E-state index contributed by atoms with van der Waals surface area (Å²) in [5, 5.41) is 3.37. The number of halogens is 1. The molecule has 0 bridgehead atoms. The molecule has 0 unspecified atom stereocenters. The SMILES string of the molecule is Brc1cc2c(c(CNCc3cnccn3)c1)OCC2. The minimum Gasteiger partial charge on any atom is -0.493 e. The lowest BCUT2D eigenvalue weighted by Crippen LogP contribution is -2.14. The molecule has 19 heavy (non-hydrogen) atoms. The molecule has 5 heteroatoms. The van der Waals surface area contributed by atoms with Crippen LogP contribution in [0.3, 0.4) is 0 Å². The normalized spacial score (nSPS) is 13.1. The van der Waals surface area contributed by atoms with Gasteiger partial charge in [-0.1, -0.05) is 15.9 Å². The van der Waals surface area contributed by atoms with Gasteiger partial charge in [0.1, 0.15) is 5.75 Å². The number of benzene rings is 1. The summed E-state index contributed by atoms with van der Waals surface area (Å²) in [4.78, 5) is 8.28. The molecule has 98 valence electrons. The summed E-state index contributed by atoms with van der Waals surface area (Å²) in [6.45, 7) is 2.25. The largest absolute Gasteiger partial charge is 0.493 e. The van der Waals surface area contributed by atoms with Crippen molar-refractivity contribution in [3.8, 4) is 5.75 Å². The molecule has 0 fully saturated rings. The molecular weight excluding hydrogens is 306 g/mol. The maximum absolute atomic E-state index is 5.70. The molecule has 1 aromatic heterocycles. The van der Waals surface area contributed by atoms with Gasteiger partial charge in [0.2, 0.25) is 0 Å². The molecule has 1 aromatic carbocycles. The van der Waals surface area contributed by atoms with Crippen LogP contribution in [0.4, 0.5) is 0 Å². The number of nitrogens with zero attached hydrogens (tertiary/aromatic N) is 2. The predicted molar refractivity (Wildman–Crippen MR) is 75.9 cm³/mol. The first kappa shape index (κ1) is 12.6. The Kier molecular flexibility index (Phi) is 3.75. The highest BCUT2D eigenvalue weighted by Gasteiger charge is 2.17. The average Bonchev–Trinajstić information content (AvgIpc) is 2.88. The van der Waals surface area contributed by atoms with Crippen LogP contribution < -0.4 is 10.1 Å². The van der Waals surface area contributed by atoms with Crippen LogP contribution >= 0.6 is 15.9 Å². The van der Waals surface area contributed by atoms with Crippen molar-refractivity contribution in [1.82, 2.24) is 15.3 Å². The molecule has 0 aliphatic carbocycles. The summed E-state index contributed by atoms with van der Waals surface area (Å²) in [6, 6.07) is 4.24. The molecule has 4 nitrogen and oxygen atoms in total. The highest BCUT2D eigenvalue weighted by Crippen LogP contribution is 2.32. The second kappa shape index (κ2) is 5.67. The zero-order valence-electron chi connectivity index (χ0n) is 10.4. The quantitative estimate of drug-likeness (QED) is 0.940. The van der Waals surface area contributed by atoms with Crippen molar-refractivity contribution in [1.29, 1.82) is 0 Å². The van der Waals surface area contributed by atoms with Crippen molar-refractivity contribution in [2.45, 2.75) is 19.5 Å². The van der Waals surface area contributed by atoms with Gasteiger partial charge >= 0.3 is 0 Å². The van der Waals surface area contributed by atoms with Gasteiger partial charge in [-0.2, -0.15) is 0 Å². The monoisotopic (exact) mass is 319 g/mol. The van der Waals surface area contributed by atoms with E-state index < -0.39 is 0 Å². The van der Waals surface area contributed by atoms with Crippen LogP contribution in [0.2, 0.25) is 0 Å². The molecule has 0 amide bonds. The third kappa shape index (κ3) is 2.93. The average molecular weight is 320 g/mol. The summed E-state index contributed by atoms with van der Waals surface area (Å²) in [5.74, 6) is 1.04. The number of rotatable bonds is 4. The topological polar surface area (TPSA) is 47.0 Å². The van der Waals surface area contributed by atoms with E-state index in [0.717, 1.165) is 35.5 Å². The zero-order valence-corrected chi connectivity index (χ0v) is 12.0. The van der Waals surface area contributed by atoms with Crippen molar-refractivity contribution in [3.63, 3.8) is 0 Å². The molecule has 2 aromatic rings. The van der Waals surface area contributed by atoms with Gasteiger partial charge in [0, 0.05) is 48.1 Å². The van der Waals surface area contributed by atoms with E-state index in [0.29, 0.717) is 6.54 Å². The third-order valence-electron chi connectivity index (χ3n) is 3.06. The fourth-order valence-electron chi connectivity index (χ4n) is 2.22. The molecular formula is C14H14BrN3O. The van der Waals surface area contributed by atoms with Crippen LogP contribution in [0, 0.1) is 0 Å². The molecule has 1 N–H and O–H groups in total. The predicted octanol–water partition coefficient (Wildman–Crippen LogP) is 2.46. The van der Waals surface area contributed by atoms with Crippen LogP contribution in [0.25, 0.3) is 0 Å². The van der Waals surface area contributed by atoms with Gasteiger partial charge in [0.25, 0.3) is 0 Å². The van der Waals surface area contributed by atoms with Crippen LogP contribution in [-0.2, 0) is 19.5 Å². The lowest BCUT2D eigenvalue weighted by molar-refractivity contribution is 0.352. The molecule has 3 rings (SSSR count). The lowest BCUT2D eigenvalue weighted by Gasteiger charge is -2.10. The molecule has 1 aliphatic rings. The summed E-state index contributed by atoms with van der Waals surface area (Å²) in [7, 11) is 0. The Bertz CT molecular complexity index is 574. The van der Waals surface area contributed by atoms with Crippen LogP contribution in [0.5, 0.6) is 5.75 Å². The fourth-order valence-corrected chi connectivity index (χ4v) is 2.78. The summed E-state index contributed by atoms with van der Waals surface area (Å²) in [5.41, 5.74) is 3.41. The Hall–Kier alpha value is -1.46. The molecule has 0 saturated heterocycles. The van der Waals surface area contributed by atoms with Gasteiger partial charge < -0.3 is 10.1 Å². The number of fused-ring (bicyclic) bond motifs is 1. The first-order valence-corrected chi connectivity index (χ1v) is 7.02. The Labute approximate surface area is 120 Å². The zero-order chi connectivity index (χ0) is 13.1. The Morgan fingerprint density at radius 2 is 2.21 bits per heavy atom. The second-order valence-corrected chi connectivity index (χ2v) is 5.37. The Morgan fingerprint density at radius 3 is 3.05 bits per heavy atom. The summed E-state index contributed by atoms with van der Waals surface area (Å²) >= 11 is 3.55. The van der Waals surface area contributed by atoms with E-state index in [1.54, 1.807) is 18.6 Å². The van der Waals surface area contributed by atoms with Gasteiger partial charge in [0.05, 0.1) is 12.3 Å². The molecule has 0 saturated carbocycles. The van der Waals surface area contributed by atoms with Gasteiger partial charge in [-0.25, -0.2) is 0 Å². The standard InChI is InChI=1S/C14H14BrN3O/c15-12-5-10-1-4-19-14(10)11(6-12)7-17-9-13-8-16-2-3-18-13/h2-3,5-6,8,17H,1,4,7,9H2. The van der Waals surface area contributed by atoms with Crippen molar-refractivity contribution < 1.29 is 4.74 Å². The number of aromatic nitrogens is 2. The van der Waals surface area contributed by atoms with E-state index in [-0.39, 0.29) is 0 Å². The minimum atomic E-state index is 0.703. The number of hydrogen-bond donors (Lipinski definition) is 1. The summed E-state index contributed by atoms with van der Waals surface area (Å²) < 4.78 is 6.80. The fraction of sp³-hybridized carbons (Fsp3) is 0.286. The Morgan fingerprint density at radius 1 is 1.26 bits per heavy atom. The maximum atomic E-state index is 5.70. The van der Waals surface area contributed by atoms with Gasteiger partial charge in [-0.15, -0.1) is 0 Å². The van der Waals surface area contributed by atoms with E-state index in [1.165, 1.54) is 11.1 Å². The van der Waals surface area contributed by atoms with E-state index in [4.69, 9.17) is 4.74 Å². The molecule has 0 spiro atoms. The second-order valence-electron chi connectivity index (χ2n) is 4.45. The van der Waals surface area contributed by atoms with Gasteiger partial charge in [-0.05, 0) is 17.7 Å². The van der Waals surface area contributed by atoms with Crippen LogP contribution in [0.15, 0.2) is 35.2 Å². The number of nitrogens with one attached hydrogen (secondary N) is 1.